The van der Waals surface area contributed by atoms with Gasteiger partial charge in [-0.2, -0.15) is 5.10 Å². The predicted octanol–water partition coefficient (Wildman–Crippen LogP) is 6.82. The Hall–Kier alpha value is -4.33. The van der Waals surface area contributed by atoms with Crippen molar-refractivity contribution < 1.29 is 19.0 Å². The van der Waals surface area contributed by atoms with Crippen molar-refractivity contribution in [2.24, 2.45) is 0 Å². The summed E-state index contributed by atoms with van der Waals surface area (Å²) in [5.41, 5.74) is 1.66. The number of aromatic nitrogens is 3. The van der Waals surface area contributed by atoms with Gasteiger partial charge in [-0.25, -0.2) is 14.5 Å². The van der Waals surface area contributed by atoms with Gasteiger partial charge in [-0.1, -0.05) is 38.1 Å². The van der Waals surface area contributed by atoms with Crippen LogP contribution in [-0.4, -0.2) is 38.6 Å². The molecule has 1 saturated carbocycles. The molecule has 2 aromatic carbocycles. The number of hydrogen-bond donors (Lipinski definition) is 1. The molecule has 208 valence electrons. The van der Waals surface area contributed by atoms with E-state index < -0.39 is 5.60 Å². The lowest BCUT2D eigenvalue weighted by Crippen LogP contribution is -2.50. The molecule has 1 aliphatic carbocycles. The Bertz CT molecular complexity index is 1400. The van der Waals surface area contributed by atoms with Crippen molar-refractivity contribution in [3.05, 3.63) is 96.4 Å². The van der Waals surface area contributed by atoms with Crippen molar-refractivity contribution in [2.45, 2.75) is 70.6 Å². The highest BCUT2D eigenvalue weighted by Crippen LogP contribution is 2.35. The Morgan fingerprint density at radius 2 is 1.50 bits per heavy atom. The van der Waals surface area contributed by atoms with Crippen LogP contribution < -0.4 is 14.8 Å². The molecule has 1 aliphatic rings. The molecule has 1 fully saturated rings. The lowest BCUT2D eigenvalue weighted by molar-refractivity contribution is 0.0363. The molecule has 0 unspecified atom stereocenters. The highest BCUT2D eigenvalue weighted by atomic mass is 16.6. The molecule has 0 saturated heterocycles. The second kappa shape index (κ2) is 11.0. The molecule has 0 aliphatic heterocycles. The van der Waals surface area contributed by atoms with E-state index in [0.717, 1.165) is 30.2 Å². The number of pyridine rings is 1. The van der Waals surface area contributed by atoms with E-state index in [1.165, 1.54) is 11.1 Å². The summed E-state index contributed by atoms with van der Waals surface area (Å²) < 4.78 is 19.2. The largest absolute Gasteiger partial charge is 0.490 e. The normalized spacial score (nSPS) is 17.0. The van der Waals surface area contributed by atoms with E-state index in [4.69, 9.17) is 14.2 Å². The lowest BCUT2D eigenvalue weighted by atomic mass is 9.78. The quantitative estimate of drug-likeness (QED) is 0.264. The Kier molecular flexibility index (Phi) is 7.52. The Morgan fingerprint density at radius 3 is 2.05 bits per heavy atom. The molecule has 0 spiro atoms. The number of benzene rings is 2. The number of hydrogen-bond acceptors (Lipinski definition) is 6. The molecular weight excluding hydrogens is 504 g/mol. The predicted molar refractivity (Wildman–Crippen MR) is 153 cm³/mol. The van der Waals surface area contributed by atoms with Crippen molar-refractivity contribution >= 4 is 6.09 Å². The maximum atomic E-state index is 11.9. The molecule has 5 rings (SSSR count). The minimum Gasteiger partial charge on any atom is -0.490 e. The van der Waals surface area contributed by atoms with Gasteiger partial charge in [-0.05, 0) is 74.4 Å². The van der Waals surface area contributed by atoms with Crippen molar-refractivity contribution in [1.29, 1.82) is 0 Å². The third kappa shape index (κ3) is 6.62. The first kappa shape index (κ1) is 27.2. The van der Waals surface area contributed by atoms with Crippen LogP contribution in [-0.2, 0) is 10.2 Å². The van der Waals surface area contributed by atoms with Gasteiger partial charge >= 0.3 is 6.09 Å². The fourth-order valence-electron chi connectivity index (χ4n) is 4.61. The Balaban J connectivity index is 1.13. The van der Waals surface area contributed by atoms with E-state index >= 15 is 0 Å². The van der Waals surface area contributed by atoms with Crippen molar-refractivity contribution in [1.82, 2.24) is 20.1 Å². The average Bonchev–Trinajstić information content (AvgIpc) is 3.43. The van der Waals surface area contributed by atoms with Gasteiger partial charge in [0.25, 0.3) is 0 Å². The van der Waals surface area contributed by atoms with Crippen LogP contribution in [0.4, 0.5) is 4.79 Å². The number of carbonyl (C=O) groups is 1. The van der Waals surface area contributed by atoms with Gasteiger partial charge in [0.05, 0.1) is 6.20 Å². The molecule has 2 aromatic heterocycles. The number of carbonyl (C=O) groups excluding carboxylic acids is 1. The zero-order valence-electron chi connectivity index (χ0n) is 23.6. The molecular formula is C32H36N4O4. The smallest absolute Gasteiger partial charge is 0.407 e. The van der Waals surface area contributed by atoms with Crippen LogP contribution >= 0.6 is 0 Å². The van der Waals surface area contributed by atoms with Crippen molar-refractivity contribution in [2.75, 3.05) is 0 Å². The van der Waals surface area contributed by atoms with Crippen LogP contribution in [0.5, 0.6) is 17.2 Å². The number of ether oxygens (including phenoxy) is 3. The van der Waals surface area contributed by atoms with Gasteiger partial charge in [0.15, 0.2) is 5.82 Å². The summed E-state index contributed by atoms with van der Waals surface area (Å²) in [6.45, 7) is 9.98. The first-order chi connectivity index (χ1) is 19.0. The molecule has 1 amide bonds. The third-order valence-corrected chi connectivity index (χ3v) is 6.97. The number of amides is 1. The van der Waals surface area contributed by atoms with Gasteiger partial charge in [-0.15, -0.1) is 0 Å². The van der Waals surface area contributed by atoms with Gasteiger partial charge < -0.3 is 19.5 Å². The zero-order valence-corrected chi connectivity index (χ0v) is 23.6. The molecule has 0 atom stereocenters. The molecule has 2 heterocycles. The summed E-state index contributed by atoms with van der Waals surface area (Å²) in [6.07, 6.45) is 6.51. The van der Waals surface area contributed by atoms with Crippen molar-refractivity contribution in [3.8, 4) is 23.1 Å². The number of rotatable bonds is 8. The molecule has 8 nitrogen and oxygen atoms in total. The molecule has 1 N–H and O–H groups in total. The van der Waals surface area contributed by atoms with E-state index in [1.54, 1.807) is 17.1 Å². The maximum absolute atomic E-state index is 11.9. The third-order valence-electron chi connectivity index (χ3n) is 6.97. The molecule has 0 bridgehead atoms. The topological polar surface area (TPSA) is 87.5 Å². The van der Waals surface area contributed by atoms with E-state index in [-0.39, 0.29) is 23.7 Å². The van der Waals surface area contributed by atoms with Crippen LogP contribution in [0.25, 0.3) is 5.82 Å². The second-order valence-electron chi connectivity index (χ2n) is 11.6. The summed E-state index contributed by atoms with van der Waals surface area (Å²) in [4.78, 5) is 16.4. The summed E-state index contributed by atoms with van der Waals surface area (Å²) in [5, 5.41) is 7.10. The maximum Gasteiger partial charge on any atom is 0.407 e. The van der Waals surface area contributed by atoms with Gasteiger partial charge in [-0.3, -0.25) is 0 Å². The standard InChI is InChI=1S/C32H36N4O4/c1-31(2,3)40-30(37)35-24-19-28(20-24)39-26-13-9-23(10-14-26)32(4,5)22-7-11-25(12-8-22)38-27-15-16-29(33-21-27)36-18-6-17-34-36/h6-18,21,24,28H,19-20H2,1-5H3,(H,35,37)/t24-,28+. The number of nitrogens with zero attached hydrogens (tertiary/aromatic N) is 3. The van der Waals surface area contributed by atoms with Crippen LogP contribution in [0.3, 0.4) is 0 Å². The van der Waals surface area contributed by atoms with E-state index in [0.29, 0.717) is 5.75 Å². The average molecular weight is 541 g/mol. The molecule has 0 radical (unpaired) electrons. The summed E-state index contributed by atoms with van der Waals surface area (Å²) in [6, 6.07) is 22.1. The summed E-state index contributed by atoms with van der Waals surface area (Å²) in [7, 11) is 0. The fourth-order valence-corrected chi connectivity index (χ4v) is 4.61. The fraction of sp³-hybridized carbons (Fsp3) is 0.344. The Labute approximate surface area is 235 Å². The van der Waals surface area contributed by atoms with Gasteiger partial charge in [0, 0.05) is 36.7 Å². The van der Waals surface area contributed by atoms with E-state index in [9.17, 15) is 4.79 Å². The minimum absolute atomic E-state index is 0.0858. The number of alkyl carbamates (subject to hydrolysis) is 1. The molecule has 40 heavy (non-hydrogen) atoms. The van der Waals surface area contributed by atoms with Gasteiger partial charge in [0.2, 0.25) is 0 Å². The van der Waals surface area contributed by atoms with Gasteiger partial charge in [0.1, 0.15) is 29.0 Å². The first-order valence-corrected chi connectivity index (χ1v) is 13.6. The molecule has 8 heteroatoms. The van der Waals surface area contributed by atoms with Crippen LogP contribution in [0.1, 0.15) is 58.6 Å². The Morgan fingerprint density at radius 1 is 0.875 bits per heavy atom. The van der Waals surface area contributed by atoms with Crippen LogP contribution in [0.2, 0.25) is 0 Å². The molecule has 4 aromatic rings. The van der Waals surface area contributed by atoms with Crippen molar-refractivity contribution in [3.63, 3.8) is 0 Å². The van der Waals surface area contributed by atoms with Crippen LogP contribution in [0, 0.1) is 0 Å². The number of nitrogens with one attached hydrogen (secondary N) is 1. The minimum atomic E-state index is -0.499. The highest BCUT2D eigenvalue weighted by Gasteiger charge is 2.33. The van der Waals surface area contributed by atoms with Crippen LogP contribution in [0.15, 0.2) is 85.3 Å². The highest BCUT2D eigenvalue weighted by molar-refractivity contribution is 5.68. The zero-order chi connectivity index (χ0) is 28.3. The van der Waals surface area contributed by atoms with E-state index in [2.05, 4.69) is 53.5 Å². The SMILES string of the molecule is CC(C)(C)OC(=O)N[C@H]1C[C@@H](Oc2ccc(C(C)(C)c3ccc(Oc4ccc(-n5cccn5)nc4)cc3)cc2)C1. The summed E-state index contributed by atoms with van der Waals surface area (Å²) >= 11 is 0. The lowest BCUT2D eigenvalue weighted by Gasteiger charge is -2.36. The van der Waals surface area contributed by atoms with E-state index in [1.807, 2.05) is 69.4 Å². The second-order valence-corrected chi connectivity index (χ2v) is 11.6. The summed E-state index contributed by atoms with van der Waals surface area (Å²) in [5.74, 6) is 2.97. The first-order valence-electron chi connectivity index (χ1n) is 13.6. The monoisotopic (exact) mass is 540 g/mol.